The van der Waals surface area contributed by atoms with E-state index in [1.165, 1.54) is 12.1 Å². The van der Waals surface area contributed by atoms with Gasteiger partial charge in [0.25, 0.3) is 5.91 Å². The van der Waals surface area contributed by atoms with E-state index in [0.29, 0.717) is 22.8 Å². The molecule has 2 N–H and O–H groups in total. The maximum Gasteiger partial charge on any atom is 0.416 e. The first-order valence-electron chi connectivity index (χ1n) is 12.4. The van der Waals surface area contributed by atoms with E-state index in [4.69, 9.17) is 9.84 Å². The van der Waals surface area contributed by atoms with Gasteiger partial charge in [-0.2, -0.15) is 13.2 Å². The van der Waals surface area contributed by atoms with Gasteiger partial charge >= 0.3 is 12.1 Å². The number of ether oxygens (including phenoxy) is 1. The summed E-state index contributed by atoms with van der Waals surface area (Å²) < 4.78 is 45.3. The number of rotatable bonds is 10. The molecule has 5 nitrogen and oxygen atoms in total. The van der Waals surface area contributed by atoms with Gasteiger partial charge in [-0.3, -0.25) is 9.59 Å². The van der Waals surface area contributed by atoms with Crippen molar-refractivity contribution >= 4 is 11.9 Å². The molecule has 0 aliphatic rings. The van der Waals surface area contributed by atoms with Crippen LogP contribution in [-0.2, 0) is 11.0 Å². The number of benzene rings is 3. The summed E-state index contributed by atoms with van der Waals surface area (Å²) in [5.74, 6) is -0.346. The lowest BCUT2D eigenvalue weighted by atomic mass is 9.94. The van der Waals surface area contributed by atoms with Gasteiger partial charge in [0.15, 0.2) is 0 Å². The molecular weight excluding hydrogens is 495 g/mol. The number of hydrogen-bond donors (Lipinski definition) is 2. The maximum atomic E-state index is 13.0. The van der Waals surface area contributed by atoms with Crippen molar-refractivity contribution in [2.75, 3.05) is 6.54 Å². The van der Waals surface area contributed by atoms with Crippen molar-refractivity contribution in [3.05, 3.63) is 88.5 Å². The number of alkyl halides is 3. The Labute approximate surface area is 220 Å². The molecule has 0 aromatic heterocycles. The molecule has 0 spiro atoms. The van der Waals surface area contributed by atoms with E-state index in [0.717, 1.165) is 40.8 Å². The standard InChI is InChI=1S/C30H32F3NO4/c1-18(2)15-26(21-5-7-23(8-6-21)29(37)34-14-13-27(35)36)38-25-16-19(3)28(20(4)17-25)22-9-11-24(12-10-22)30(31,32)33/h5-12,16-18,26H,13-15H2,1-4H3,(H,34,37)(H,35,36). The molecule has 3 rings (SSSR count). The lowest BCUT2D eigenvalue weighted by Gasteiger charge is -2.23. The smallest absolute Gasteiger partial charge is 0.416 e. The minimum Gasteiger partial charge on any atom is -0.486 e. The fraction of sp³-hybridized carbons (Fsp3) is 0.333. The van der Waals surface area contributed by atoms with E-state index in [1.807, 2.05) is 38.1 Å². The van der Waals surface area contributed by atoms with E-state index in [1.54, 1.807) is 12.1 Å². The van der Waals surface area contributed by atoms with Crippen LogP contribution in [0, 0.1) is 19.8 Å². The molecule has 0 saturated carbocycles. The average Bonchev–Trinajstić information content (AvgIpc) is 2.82. The third kappa shape index (κ3) is 7.60. The topological polar surface area (TPSA) is 75.6 Å². The van der Waals surface area contributed by atoms with E-state index in [-0.39, 0.29) is 25.0 Å². The molecule has 0 radical (unpaired) electrons. The van der Waals surface area contributed by atoms with E-state index >= 15 is 0 Å². The summed E-state index contributed by atoms with van der Waals surface area (Å²) in [6.07, 6.45) is -4.09. The highest BCUT2D eigenvalue weighted by Gasteiger charge is 2.30. The predicted molar refractivity (Wildman–Crippen MR) is 140 cm³/mol. The highest BCUT2D eigenvalue weighted by Crippen LogP contribution is 2.36. The third-order valence-electron chi connectivity index (χ3n) is 6.14. The summed E-state index contributed by atoms with van der Waals surface area (Å²) in [5.41, 5.74) is 3.97. The van der Waals surface area contributed by atoms with Crippen molar-refractivity contribution in [3.8, 4) is 16.9 Å². The second-order valence-corrected chi connectivity index (χ2v) is 9.76. The van der Waals surface area contributed by atoms with Gasteiger partial charge in [-0.25, -0.2) is 0 Å². The fourth-order valence-corrected chi connectivity index (χ4v) is 4.35. The summed E-state index contributed by atoms with van der Waals surface area (Å²) in [7, 11) is 0. The Morgan fingerprint density at radius 2 is 1.53 bits per heavy atom. The molecule has 0 aliphatic carbocycles. The number of carboxylic acid groups (broad SMARTS) is 1. The van der Waals surface area contributed by atoms with Crippen molar-refractivity contribution in [3.63, 3.8) is 0 Å². The maximum absolute atomic E-state index is 13.0. The Bertz CT molecular complexity index is 1240. The van der Waals surface area contributed by atoms with Gasteiger partial charge in [-0.1, -0.05) is 38.1 Å². The highest BCUT2D eigenvalue weighted by atomic mass is 19.4. The van der Waals surface area contributed by atoms with Crippen molar-refractivity contribution in [2.45, 2.75) is 52.8 Å². The van der Waals surface area contributed by atoms with Crippen LogP contribution in [0.25, 0.3) is 11.1 Å². The first-order chi connectivity index (χ1) is 17.8. The zero-order valence-corrected chi connectivity index (χ0v) is 21.9. The number of amides is 1. The fourth-order valence-electron chi connectivity index (χ4n) is 4.35. The van der Waals surface area contributed by atoms with Crippen LogP contribution in [0.4, 0.5) is 13.2 Å². The van der Waals surface area contributed by atoms with Crippen LogP contribution in [0.5, 0.6) is 5.75 Å². The molecule has 0 aliphatic heterocycles. The zero-order valence-electron chi connectivity index (χ0n) is 21.9. The number of halogens is 3. The summed E-state index contributed by atoms with van der Waals surface area (Å²) >= 11 is 0. The second-order valence-electron chi connectivity index (χ2n) is 9.76. The summed E-state index contributed by atoms with van der Waals surface area (Å²) in [4.78, 5) is 22.9. The molecule has 1 atom stereocenters. The molecule has 3 aromatic carbocycles. The third-order valence-corrected chi connectivity index (χ3v) is 6.14. The number of nitrogens with one attached hydrogen (secondary N) is 1. The normalized spacial score (nSPS) is 12.3. The molecule has 0 bridgehead atoms. The molecule has 0 saturated heterocycles. The number of hydrogen-bond acceptors (Lipinski definition) is 3. The van der Waals surface area contributed by atoms with Gasteiger partial charge in [0.05, 0.1) is 12.0 Å². The minimum absolute atomic E-state index is 0.0518. The van der Waals surface area contributed by atoms with Crippen molar-refractivity contribution in [1.29, 1.82) is 0 Å². The van der Waals surface area contributed by atoms with Crippen LogP contribution < -0.4 is 10.1 Å². The quantitative estimate of drug-likeness (QED) is 0.289. The molecule has 1 amide bonds. The van der Waals surface area contributed by atoms with Crippen molar-refractivity contribution in [1.82, 2.24) is 5.32 Å². The van der Waals surface area contributed by atoms with Crippen molar-refractivity contribution < 1.29 is 32.6 Å². The van der Waals surface area contributed by atoms with E-state index < -0.39 is 17.7 Å². The Morgan fingerprint density at radius 1 is 0.947 bits per heavy atom. The zero-order chi connectivity index (χ0) is 28.0. The number of carbonyl (C=O) groups is 2. The molecule has 0 fully saturated rings. The van der Waals surface area contributed by atoms with Crippen LogP contribution >= 0.6 is 0 Å². The lowest BCUT2D eigenvalue weighted by Crippen LogP contribution is -2.26. The van der Waals surface area contributed by atoms with Gasteiger partial charge in [0, 0.05) is 12.1 Å². The van der Waals surface area contributed by atoms with Gasteiger partial charge in [-0.05, 0) is 90.4 Å². The summed E-state index contributed by atoms with van der Waals surface area (Å²) in [6.45, 7) is 8.04. The van der Waals surface area contributed by atoms with Crippen LogP contribution in [-0.4, -0.2) is 23.5 Å². The molecule has 8 heteroatoms. The Morgan fingerprint density at radius 3 is 2.03 bits per heavy atom. The van der Waals surface area contributed by atoms with E-state index in [2.05, 4.69) is 19.2 Å². The molecule has 0 heterocycles. The second kappa shape index (κ2) is 12.2. The molecule has 202 valence electrons. The minimum atomic E-state index is -4.38. The van der Waals surface area contributed by atoms with Crippen LogP contribution in [0.15, 0.2) is 60.7 Å². The SMILES string of the molecule is Cc1cc(OC(CC(C)C)c2ccc(C(=O)NCCC(=O)O)cc2)cc(C)c1-c1ccc(C(F)(F)F)cc1. The Balaban J connectivity index is 1.80. The van der Waals surface area contributed by atoms with Crippen molar-refractivity contribution in [2.24, 2.45) is 5.92 Å². The summed E-state index contributed by atoms with van der Waals surface area (Å²) in [6, 6.07) is 16.0. The molecular formula is C30H32F3NO4. The lowest BCUT2D eigenvalue weighted by molar-refractivity contribution is -0.138. The number of carbonyl (C=O) groups excluding carboxylic acids is 1. The van der Waals surface area contributed by atoms with Crippen LogP contribution in [0.1, 0.15) is 65.4 Å². The first-order valence-corrected chi connectivity index (χ1v) is 12.4. The number of carboxylic acids is 1. The monoisotopic (exact) mass is 527 g/mol. The average molecular weight is 528 g/mol. The molecule has 1 unspecified atom stereocenters. The molecule has 38 heavy (non-hydrogen) atoms. The van der Waals surface area contributed by atoms with Gasteiger partial charge < -0.3 is 15.2 Å². The Hall–Kier alpha value is -3.81. The number of aliphatic carboxylic acids is 1. The highest BCUT2D eigenvalue weighted by molar-refractivity contribution is 5.94. The Kier molecular flexibility index (Phi) is 9.20. The van der Waals surface area contributed by atoms with Gasteiger partial charge in [0.1, 0.15) is 11.9 Å². The van der Waals surface area contributed by atoms with Crippen LogP contribution in [0.2, 0.25) is 0 Å². The van der Waals surface area contributed by atoms with Gasteiger partial charge in [-0.15, -0.1) is 0 Å². The number of aryl methyl sites for hydroxylation is 2. The van der Waals surface area contributed by atoms with Gasteiger partial charge in [0.2, 0.25) is 0 Å². The largest absolute Gasteiger partial charge is 0.486 e. The summed E-state index contributed by atoms with van der Waals surface area (Å²) in [5, 5.41) is 11.3. The first kappa shape index (κ1) is 28.8. The van der Waals surface area contributed by atoms with Crippen LogP contribution in [0.3, 0.4) is 0 Å². The predicted octanol–water partition coefficient (Wildman–Crippen LogP) is 7.36. The van der Waals surface area contributed by atoms with E-state index in [9.17, 15) is 22.8 Å². The molecule has 3 aromatic rings.